The Balaban J connectivity index is 1.52. The van der Waals surface area contributed by atoms with Gasteiger partial charge in [-0.3, -0.25) is 9.59 Å². The van der Waals surface area contributed by atoms with Crippen molar-refractivity contribution in [1.29, 1.82) is 0 Å². The molecule has 0 bridgehead atoms. The summed E-state index contributed by atoms with van der Waals surface area (Å²) in [5.74, 6) is -1.03. The van der Waals surface area contributed by atoms with E-state index in [1.807, 2.05) is 0 Å². The average molecular weight is 661 g/mol. The molecule has 4 aromatic rings. The Bertz CT molecular complexity index is 1720. The molecular formula is C26H20Cl2F6N8O2. The second-order valence-corrected chi connectivity index (χ2v) is 10.8. The molecule has 2 amide bonds. The lowest BCUT2D eigenvalue weighted by atomic mass is 10.1. The van der Waals surface area contributed by atoms with Crippen molar-refractivity contribution in [2.45, 2.75) is 38.7 Å². The fourth-order valence-corrected chi connectivity index (χ4v) is 4.70. The molecule has 0 radical (unpaired) electrons. The number of benzene rings is 1. The summed E-state index contributed by atoms with van der Waals surface area (Å²) in [5.41, 5.74) is -4.28. The molecule has 18 heteroatoms. The summed E-state index contributed by atoms with van der Waals surface area (Å²) in [5, 5.41) is 15.8. The van der Waals surface area contributed by atoms with Gasteiger partial charge in [0.05, 0.1) is 22.0 Å². The van der Waals surface area contributed by atoms with Crippen molar-refractivity contribution in [1.82, 2.24) is 35.1 Å². The van der Waals surface area contributed by atoms with E-state index in [4.69, 9.17) is 23.2 Å². The Kier molecular flexibility index (Phi) is 8.33. The van der Waals surface area contributed by atoms with E-state index in [-0.39, 0.29) is 43.3 Å². The third-order valence-electron chi connectivity index (χ3n) is 6.46. The lowest BCUT2D eigenvalue weighted by Crippen LogP contribution is -2.28. The van der Waals surface area contributed by atoms with Gasteiger partial charge in [0.2, 0.25) is 0 Å². The van der Waals surface area contributed by atoms with Crippen LogP contribution in [0.15, 0.2) is 36.5 Å². The molecule has 0 saturated heterocycles. The van der Waals surface area contributed by atoms with E-state index in [1.165, 1.54) is 30.5 Å². The number of aryl methyl sites for hydroxylation is 1. The molecule has 0 aliphatic heterocycles. The van der Waals surface area contributed by atoms with Gasteiger partial charge in [-0.05, 0) is 61.6 Å². The molecular weight excluding hydrogens is 641 g/mol. The van der Waals surface area contributed by atoms with Crippen LogP contribution in [0.4, 0.5) is 32.0 Å². The summed E-state index contributed by atoms with van der Waals surface area (Å²) in [7, 11) is 0. The maximum atomic E-state index is 13.7. The Labute approximate surface area is 254 Å². The number of anilines is 1. The van der Waals surface area contributed by atoms with Gasteiger partial charge in [-0.2, -0.15) is 36.2 Å². The number of amides is 2. The van der Waals surface area contributed by atoms with Crippen LogP contribution < -0.4 is 10.6 Å². The molecule has 1 aliphatic carbocycles. The molecule has 3 aromatic heterocycles. The van der Waals surface area contributed by atoms with Crippen LogP contribution in [-0.4, -0.2) is 48.1 Å². The standard InChI is InChI=1S/C26H20Cl2F6N8O2/c1-12-7-14(27)8-16(23(43)36-10-13-4-5-13)19(12)37-24(44)18-9-15(38-42(18)22-17(28)3-2-6-35-22)11-41-39-20(25(29,30)31)21(40-41)26(32,33)34/h2-3,6-9,13H,4-5,10-11H2,1H3,(H,36,43)(H,37,44). The van der Waals surface area contributed by atoms with Crippen molar-refractivity contribution in [3.05, 3.63) is 80.5 Å². The lowest BCUT2D eigenvalue weighted by Gasteiger charge is -2.15. The summed E-state index contributed by atoms with van der Waals surface area (Å²) >= 11 is 12.4. The van der Waals surface area contributed by atoms with Gasteiger partial charge >= 0.3 is 12.4 Å². The maximum Gasteiger partial charge on any atom is 0.437 e. The molecule has 0 atom stereocenters. The van der Waals surface area contributed by atoms with Crippen LogP contribution in [0.1, 0.15) is 56.3 Å². The van der Waals surface area contributed by atoms with E-state index >= 15 is 0 Å². The highest BCUT2D eigenvalue weighted by molar-refractivity contribution is 6.32. The van der Waals surface area contributed by atoms with E-state index in [0.717, 1.165) is 23.6 Å². The topological polar surface area (TPSA) is 120 Å². The van der Waals surface area contributed by atoms with Crippen LogP contribution in [0.2, 0.25) is 10.0 Å². The van der Waals surface area contributed by atoms with Crippen LogP contribution in [0.5, 0.6) is 0 Å². The van der Waals surface area contributed by atoms with Gasteiger partial charge in [-0.15, -0.1) is 10.2 Å². The van der Waals surface area contributed by atoms with Crippen LogP contribution >= 0.6 is 23.2 Å². The smallest absolute Gasteiger partial charge is 0.352 e. The molecule has 1 fully saturated rings. The minimum Gasteiger partial charge on any atom is -0.352 e. The fourth-order valence-electron chi connectivity index (χ4n) is 4.23. The Morgan fingerprint density at radius 2 is 1.64 bits per heavy atom. The number of alkyl halides is 6. The second-order valence-electron chi connectivity index (χ2n) is 9.92. The normalized spacial score (nSPS) is 13.7. The molecule has 44 heavy (non-hydrogen) atoms. The molecule has 2 N–H and O–H groups in total. The minimum absolute atomic E-state index is 0.0231. The third-order valence-corrected chi connectivity index (χ3v) is 6.97. The van der Waals surface area contributed by atoms with E-state index in [9.17, 15) is 35.9 Å². The van der Waals surface area contributed by atoms with Gasteiger partial charge < -0.3 is 10.6 Å². The minimum atomic E-state index is -5.44. The fraction of sp³-hybridized carbons (Fsp3) is 0.308. The zero-order chi connectivity index (χ0) is 32.0. The van der Waals surface area contributed by atoms with Gasteiger partial charge in [-0.1, -0.05) is 23.2 Å². The molecule has 232 valence electrons. The first-order valence-corrected chi connectivity index (χ1v) is 13.6. The number of pyridine rings is 1. The van der Waals surface area contributed by atoms with Crippen LogP contribution in [0, 0.1) is 12.8 Å². The van der Waals surface area contributed by atoms with Gasteiger partial charge in [0, 0.05) is 17.8 Å². The summed E-state index contributed by atoms with van der Waals surface area (Å²) in [6.07, 6.45) is -7.56. The molecule has 3 heterocycles. The monoisotopic (exact) mass is 660 g/mol. The molecule has 1 saturated carbocycles. The summed E-state index contributed by atoms with van der Waals surface area (Å²) in [4.78, 5) is 30.9. The summed E-state index contributed by atoms with van der Waals surface area (Å²) in [6.45, 7) is 1.27. The van der Waals surface area contributed by atoms with E-state index < -0.39 is 42.1 Å². The SMILES string of the molecule is Cc1cc(Cl)cc(C(=O)NCC2CC2)c1NC(=O)c1cc(Cn2nc(C(F)(F)F)c(C(F)(F)F)n2)nn1-c1ncccc1Cl. The van der Waals surface area contributed by atoms with Crippen molar-refractivity contribution in [2.24, 2.45) is 5.92 Å². The molecule has 0 unspecified atom stereocenters. The number of rotatable bonds is 8. The largest absolute Gasteiger partial charge is 0.437 e. The van der Waals surface area contributed by atoms with Crippen LogP contribution in [0.3, 0.4) is 0 Å². The number of halogens is 8. The predicted molar refractivity (Wildman–Crippen MR) is 145 cm³/mol. The molecule has 0 spiro atoms. The second kappa shape index (κ2) is 11.7. The highest BCUT2D eigenvalue weighted by atomic mass is 35.5. The number of hydrogen-bond acceptors (Lipinski definition) is 6. The molecule has 1 aromatic carbocycles. The highest BCUT2D eigenvalue weighted by Crippen LogP contribution is 2.38. The van der Waals surface area contributed by atoms with Gasteiger partial charge in [0.15, 0.2) is 17.2 Å². The third kappa shape index (κ3) is 6.80. The van der Waals surface area contributed by atoms with Crippen LogP contribution in [-0.2, 0) is 18.9 Å². The summed E-state index contributed by atoms with van der Waals surface area (Å²) < 4.78 is 80.6. The van der Waals surface area contributed by atoms with Crippen molar-refractivity contribution >= 4 is 40.7 Å². The molecule has 5 rings (SSSR count). The Morgan fingerprint density at radius 3 is 2.23 bits per heavy atom. The Morgan fingerprint density at radius 1 is 0.977 bits per heavy atom. The first kappa shape index (κ1) is 31.3. The van der Waals surface area contributed by atoms with Crippen molar-refractivity contribution < 1.29 is 35.9 Å². The Hall–Kier alpha value is -4.18. The van der Waals surface area contributed by atoms with Gasteiger partial charge in [0.1, 0.15) is 12.2 Å². The maximum absolute atomic E-state index is 13.7. The zero-order valence-electron chi connectivity index (χ0n) is 22.4. The number of nitrogens with one attached hydrogen (secondary N) is 2. The van der Waals surface area contributed by atoms with E-state index in [1.54, 1.807) is 6.92 Å². The lowest BCUT2D eigenvalue weighted by molar-refractivity contribution is -0.165. The first-order valence-electron chi connectivity index (χ1n) is 12.8. The van der Waals surface area contributed by atoms with Crippen LogP contribution in [0.25, 0.3) is 5.82 Å². The zero-order valence-corrected chi connectivity index (χ0v) is 23.9. The first-order chi connectivity index (χ1) is 20.6. The van der Waals surface area contributed by atoms with Crippen molar-refractivity contribution in [3.8, 4) is 5.82 Å². The van der Waals surface area contributed by atoms with Crippen molar-refractivity contribution in [3.63, 3.8) is 0 Å². The number of carbonyl (C=O) groups excluding carboxylic acids is 2. The number of nitrogens with zero attached hydrogens (tertiary/aromatic N) is 6. The van der Waals surface area contributed by atoms with Crippen molar-refractivity contribution in [2.75, 3.05) is 11.9 Å². The van der Waals surface area contributed by atoms with E-state index in [2.05, 4.69) is 30.9 Å². The number of carbonyl (C=O) groups is 2. The number of hydrogen-bond donors (Lipinski definition) is 2. The van der Waals surface area contributed by atoms with Gasteiger partial charge in [-0.25, -0.2) is 9.67 Å². The molecule has 1 aliphatic rings. The predicted octanol–water partition coefficient (Wildman–Crippen LogP) is 5.95. The molecule has 10 nitrogen and oxygen atoms in total. The highest BCUT2D eigenvalue weighted by Gasteiger charge is 2.48. The summed E-state index contributed by atoms with van der Waals surface area (Å²) in [6, 6.07) is 6.92. The quantitative estimate of drug-likeness (QED) is 0.225. The van der Waals surface area contributed by atoms with Gasteiger partial charge in [0.25, 0.3) is 11.8 Å². The van der Waals surface area contributed by atoms with E-state index in [0.29, 0.717) is 18.0 Å². The average Bonchev–Trinajstić information content (AvgIpc) is 3.49. The number of aromatic nitrogens is 6.